The maximum Gasteiger partial charge on any atom is 0.348 e. The molecule has 0 radical (unpaired) electrons. The number of nitrogens with one attached hydrogen (secondary N) is 1. The van der Waals surface area contributed by atoms with E-state index in [2.05, 4.69) is 11.4 Å². The van der Waals surface area contributed by atoms with Gasteiger partial charge in [0.15, 0.2) is 0 Å². The fraction of sp³-hybridized carbons (Fsp3) is 0.357. The van der Waals surface area contributed by atoms with Gasteiger partial charge in [-0.25, -0.2) is 14.4 Å². The lowest BCUT2D eigenvalue weighted by atomic mass is 9.89. The second kappa shape index (κ2) is 12.4. The third-order valence-electron chi connectivity index (χ3n) is 6.25. The van der Waals surface area contributed by atoms with Crippen LogP contribution in [0.5, 0.6) is 0 Å². The number of rotatable bonds is 9. The van der Waals surface area contributed by atoms with E-state index in [0.29, 0.717) is 31.6 Å². The van der Waals surface area contributed by atoms with Crippen LogP contribution in [-0.2, 0) is 31.8 Å². The van der Waals surface area contributed by atoms with Crippen molar-refractivity contribution < 1.29 is 33.4 Å². The molecule has 3 aromatic rings. The van der Waals surface area contributed by atoms with Crippen LogP contribution in [0.4, 0.5) is 5.00 Å². The van der Waals surface area contributed by atoms with Crippen LogP contribution in [0.2, 0.25) is 0 Å². The molecule has 39 heavy (non-hydrogen) atoms. The van der Waals surface area contributed by atoms with Crippen LogP contribution in [0.1, 0.15) is 67.8 Å². The van der Waals surface area contributed by atoms with E-state index in [4.69, 9.17) is 14.2 Å². The van der Waals surface area contributed by atoms with Gasteiger partial charge in [-0.05, 0) is 62.8 Å². The summed E-state index contributed by atoms with van der Waals surface area (Å²) >= 11 is 3.61. The Balaban J connectivity index is 1.64. The standard InChI is InChI=1S/C28H29NO7S3/c1-6-35-26(32)19-14(3)21(27(33)36-7-2)39-28(19)37-15(4)23(30)29-24-20(25(31)34-5)18-13-12-16-10-8-9-11-17(16)22(18)38-24/h8-11,15H,6-7,12-13H2,1-5H3,(H,29,30). The van der Waals surface area contributed by atoms with Crippen molar-refractivity contribution in [3.8, 4) is 10.4 Å². The van der Waals surface area contributed by atoms with Gasteiger partial charge < -0.3 is 19.5 Å². The molecule has 0 saturated carbocycles. The summed E-state index contributed by atoms with van der Waals surface area (Å²) in [4.78, 5) is 52.7. The fourth-order valence-electron chi connectivity index (χ4n) is 4.38. The van der Waals surface area contributed by atoms with Crippen molar-refractivity contribution in [2.45, 2.75) is 50.0 Å². The number of methoxy groups -OCH3 is 1. The molecule has 0 bridgehead atoms. The number of aryl methyl sites for hydroxylation is 1. The van der Waals surface area contributed by atoms with Crippen LogP contribution in [0.3, 0.4) is 0 Å². The van der Waals surface area contributed by atoms with Gasteiger partial charge in [-0.3, -0.25) is 4.79 Å². The van der Waals surface area contributed by atoms with Crippen molar-refractivity contribution in [1.29, 1.82) is 0 Å². The van der Waals surface area contributed by atoms with E-state index in [0.717, 1.165) is 45.5 Å². The van der Waals surface area contributed by atoms with Crippen molar-refractivity contribution in [3.63, 3.8) is 0 Å². The monoisotopic (exact) mass is 587 g/mol. The summed E-state index contributed by atoms with van der Waals surface area (Å²) in [5.74, 6) is -1.94. The molecule has 1 amide bonds. The Labute approximate surface area is 239 Å². The SMILES string of the molecule is CCOC(=O)c1sc(SC(C)C(=O)Nc2sc3c(c2C(=O)OC)CCc2ccccc2-3)c(C(=O)OCC)c1C. The van der Waals surface area contributed by atoms with Crippen molar-refractivity contribution >= 4 is 63.3 Å². The molecule has 2 aromatic heterocycles. The number of hydrogen-bond acceptors (Lipinski definition) is 10. The first kappa shape index (κ1) is 28.8. The number of carbonyl (C=O) groups is 4. The van der Waals surface area contributed by atoms with Crippen molar-refractivity contribution in [3.05, 3.63) is 57.0 Å². The number of anilines is 1. The Kier molecular flexibility index (Phi) is 9.14. The highest BCUT2D eigenvalue weighted by Crippen LogP contribution is 2.46. The Morgan fingerprint density at radius 3 is 2.36 bits per heavy atom. The number of hydrogen-bond donors (Lipinski definition) is 1. The van der Waals surface area contributed by atoms with Gasteiger partial charge in [0.05, 0.1) is 40.9 Å². The van der Waals surface area contributed by atoms with Gasteiger partial charge in [0.1, 0.15) is 9.88 Å². The summed E-state index contributed by atoms with van der Waals surface area (Å²) in [6, 6.07) is 8.04. The lowest BCUT2D eigenvalue weighted by molar-refractivity contribution is -0.115. The molecule has 0 saturated heterocycles. The van der Waals surface area contributed by atoms with Gasteiger partial charge in [-0.2, -0.15) is 0 Å². The molecule has 0 fully saturated rings. The minimum absolute atomic E-state index is 0.172. The molecule has 1 atom stereocenters. The molecule has 0 spiro atoms. The third kappa shape index (κ3) is 5.75. The van der Waals surface area contributed by atoms with Gasteiger partial charge in [-0.15, -0.1) is 34.4 Å². The molecule has 8 nitrogen and oxygen atoms in total. The number of esters is 3. The Morgan fingerprint density at radius 1 is 0.974 bits per heavy atom. The summed E-state index contributed by atoms with van der Waals surface area (Å²) in [5, 5.41) is 2.69. The van der Waals surface area contributed by atoms with E-state index in [9.17, 15) is 19.2 Å². The molecule has 11 heteroatoms. The van der Waals surface area contributed by atoms with Gasteiger partial charge in [-0.1, -0.05) is 24.3 Å². The van der Waals surface area contributed by atoms with Crippen molar-refractivity contribution in [2.24, 2.45) is 0 Å². The Morgan fingerprint density at radius 2 is 1.67 bits per heavy atom. The Bertz CT molecular complexity index is 1440. The quantitative estimate of drug-likeness (QED) is 0.181. The molecular formula is C28H29NO7S3. The zero-order valence-corrected chi connectivity index (χ0v) is 24.7. The maximum atomic E-state index is 13.4. The third-order valence-corrected chi connectivity index (χ3v) is 10.0. The number of thiophene rings is 2. The van der Waals surface area contributed by atoms with E-state index >= 15 is 0 Å². The summed E-state index contributed by atoms with van der Waals surface area (Å²) < 4.78 is 15.9. The van der Waals surface area contributed by atoms with Gasteiger partial charge in [0.25, 0.3) is 0 Å². The van der Waals surface area contributed by atoms with E-state index in [1.165, 1.54) is 24.0 Å². The topological polar surface area (TPSA) is 108 Å². The van der Waals surface area contributed by atoms with Gasteiger partial charge >= 0.3 is 17.9 Å². The minimum Gasteiger partial charge on any atom is -0.465 e. The fourth-order valence-corrected chi connectivity index (χ4v) is 8.31. The zero-order valence-electron chi connectivity index (χ0n) is 22.3. The van der Waals surface area contributed by atoms with E-state index < -0.39 is 23.2 Å². The number of thioether (sulfide) groups is 1. The molecule has 0 aliphatic heterocycles. The molecule has 1 aliphatic carbocycles. The zero-order chi connectivity index (χ0) is 28.3. The number of fused-ring (bicyclic) bond motifs is 3. The van der Waals surface area contributed by atoms with Crippen LogP contribution in [-0.4, -0.2) is 49.4 Å². The van der Waals surface area contributed by atoms with E-state index in [1.54, 1.807) is 27.7 Å². The predicted molar refractivity (Wildman–Crippen MR) is 153 cm³/mol. The average molecular weight is 588 g/mol. The first-order chi connectivity index (χ1) is 18.7. The Hall–Kier alpha value is -3.15. The normalized spacial score (nSPS) is 12.6. The van der Waals surface area contributed by atoms with E-state index in [-0.39, 0.29) is 24.7 Å². The lowest BCUT2D eigenvalue weighted by Gasteiger charge is -2.16. The summed E-state index contributed by atoms with van der Waals surface area (Å²) in [5.41, 5.74) is 4.22. The highest BCUT2D eigenvalue weighted by Gasteiger charge is 2.32. The second-order valence-corrected chi connectivity index (χ2v) is 12.3. The summed E-state index contributed by atoms with van der Waals surface area (Å²) in [6.45, 7) is 7.15. The largest absolute Gasteiger partial charge is 0.465 e. The summed E-state index contributed by atoms with van der Waals surface area (Å²) in [7, 11) is 1.32. The van der Waals surface area contributed by atoms with Crippen LogP contribution >= 0.6 is 34.4 Å². The molecule has 206 valence electrons. The molecular weight excluding hydrogens is 559 g/mol. The minimum atomic E-state index is -0.664. The molecule has 1 aliphatic rings. The first-order valence-electron chi connectivity index (χ1n) is 12.5. The molecule has 2 heterocycles. The molecule has 4 rings (SSSR count). The second-order valence-electron chi connectivity index (χ2n) is 8.67. The maximum absolute atomic E-state index is 13.4. The van der Waals surface area contributed by atoms with Crippen LogP contribution in [0, 0.1) is 6.92 Å². The number of ether oxygens (including phenoxy) is 3. The number of benzene rings is 1. The lowest BCUT2D eigenvalue weighted by Crippen LogP contribution is -2.23. The smallest absolute Gasteiger partial charge is 0.348 e. The van der Waals surface area contributed by atoms with Crippen LogP contribution in [0.25, 0.3) is 10.4 Å². The predicted octanol–water partition coefficient (Wildman–Crippen LogP) is 6.14. The highest BCUT2D eigenvalue weighted by molar-refractivity contribution is 8.02. The number of carbonyl (C=O) groups excluding carboxylic acids is 4. The van der Waals surface area contributed by atoms with Gasteiger partial charge in [0.2, 0.25) is 5.91 Å². The van der Waals surface area contributed by atoms with Gasteiger partial charge in [0, 0.05) is 4.88 Å². The van der Waals surface area contributed by atoms with Crippen LogP contribution < -0.4 is 5.32 Å². The average Bonchev–Trinajstić information content (AvgIpc) is 3.45. The molecule has 1 N–H and O–H groups in total. The van der Waals surface area contributed by atoms with E-state index in [1.807, 2.05) is 18.2 Å². The van der Waals surface area contributed by atoms with Crippen molar-refractivity contribution in [1.82, 2.24) is 0 Å². The molecule has 1 aromatic carbocycles. The van der Waals surface area contributed by atoms with Crippen LogP contribution in [0.15, 0.2) is 28.5 Å². The highest BCUT2D eigenvalue weighted by atomic mass is 32.2. The number of amides is 1. The summed E-state index contributed by atoms with van der Waals surface area (Å²) in [6.07, 6.45) is 1.46. The first-order valence-corrected chi connectivity index (χ1v) is 15.0. The van der Waals surface area contributed by atoms with Crippen molar-refractivity contribution in [2.75, 3.05) is 25.6 Å². The molecule has 1 unspecified atom stereocenters.